The summed E-state index contributed by atoms with van der Waals surface area (Å²) in [6.45, 7) is 2.21. The predicted molar refractivity (Wildman–Crippen MR) is 47.8 cm³/mol. The molecule has 0 aromatic carbocycles. The summed E-state index contributed by atoms with van der Waals surface area (Å²) in [6.07, 6.45) is -0.226. The van der Waals surface area contributed by atoms with Gasteiger partial charge < -0.3 is 9.47 Å². The molecule has 0 fully saturated rings. The molecule has 0 saturated carbocycles. The molecule has 0 saturated heterocycles. The van der Waals surface area contributed by atoms with Crippen LogP contribution in [0.25, 0.3) is 0 Å². The Morgan fingerprint density at radius 2 is 2.08 bits per heavy atom. The van der Waals surface area contributed by atoms with Crippen LogP contribution >= 0.6 is 11.6 Å². The molecule has 0 rings (SSSR count). The van der Waals surface area contributed by atoms with Gasteiger partial charge in [-0.2, -0.15) is 0 Å². The fraction of sp³-hybridized carbons (Fsp3) is 0.750. The molecule has 13 heavy (non-hydrogen) atoms. The van der Waals surface area contributed by atoms with Gasteiger partial charge in [-0.15, -0.1) is 11.6 Å². The molecule has 0 heterocycles. The molecule has 0 atom stereocenters. The third-order valence-corrected chi connectivity index (χ3v) is 1.29. The summed E-state index contributed by atoms with van der Waals surface area (Å²) in [4.78, 5) is 21.7. The lowest BCUT2D eigenvalue weighted by atomic mass is 10.3. The molecule has 0 N–H and O–H groups in total. The third kappa shape index (κ3) is 7.74. The Kier molecular flexibility index (Phi) is 7.63. The van der Waals surface area contributed by atoms with Crippen molar-refractivity contribution in [1.82, 2.24) is 0 Å². The van der Waals surface area contributed by atoms with Crippen LogP contribution in [0, 0.1) is 0 Å². The van der Waals surface area contributed by atoms with Crippen molar-refractivity contribution < 1.29 is 19.1 Å². The SMILES string of the molecule is CCOC(=O)CC(=O)COCCCl. The Bertz CT molecular complexity index is 170. The first kappa shape index (κ1) is 12.4. The summed E-state index contributed by atoms with van der Waals surface area (Å²) in [5, 5.41) is 0. The molecule has 0 aliphatic carbocycles. The first-order valence-electron chi connectivity index (χ1n) is 4.01. The Hall–Kier alpha value is -0.610. The van der Waals surface area contributed by atoms with Gasteiger partial charge in [-0.3, -0.25) is 9.59 Å². The number of carbonyl (C=O) groups excluding carboxylic acids is 2. The lowest BCUT2D eigenvalue weighted by Gasteiger charge is -2.01. The van der Waals surface area contributed by atoms with E-state index in [9.17, 15) is 9.59 Å². The number of hydrogen-bond donors (Lipinski definition) is 0. The van der Waals surface area contributed by atoms with Gasteiger partial charge in [-0.05, 0) is 6.92 Å². The molecule has 76 valence electrons. The molecule has 0 unspecified atom stereocenters. The van der Waals surface area contributed by atoms with Crippen LogP contribution < -0.4 is 0 Å². The van der Waals surface area contributed by atoms with Crippen LogP contribution in [-0.2, 0) is 19.1 Å². The highest BCUT2D eigenvalue weighted by atomic mass is 35.5. The van der Waals surface area contributed by atoms with Crippen molar-refractivity contribution in [3.8, 4) is 0 Å². The molecule has 5 heteroatoms. The molecule has 0 radical (unpaired) electrons. The predicted octanol–water partition coefficient (Wildman–Crippen LogP) is 0.764. The van der Waals surface area contributed by atoms with Gasteiger partial charge in [0, 0.05) is 5.88 Å². The van der Waals surface area contributed by atoms with Gasteiger partial charge in [0.2, 0.25) is 0 Å². The molecule has 0 aliphatic heterocycles. The summed E-state index contributed by atoms with van der Waals surface area (Å²) in [7, 11) is 0. The normalized spacial score (nSPS) is 9.69. The zero-order chi connectivity index (χ0) is 10.1. The minimum Gasteiger partial charge on any atom is -0.466 e. The molecule has 0 amide bonds. The van der Waals surface area contributed by atoms with Crippen molar-refractivity contribution in [3.63, 3.8) is 0 Å². The van der Waals surface area contributed by atoms with Crippen LogP contribution in [0.4, 0.5) is 0 Å². The van der Waals surface area contributed by atoms with E-state index in [-0.39, 0.29) is 25.4 Å². The van der Waals surface area contributed by atoms with E-state index in [1.807, 2.05) is 0 Å². The van der Waals surface area contributed by atoms with Crippen molar-refractivity contribution >= 4 is 23.4 Å². The number of ether oxygens (including phenoxy) is 2. The molecule has 0 spiro atoms. The number of ketones is 1. The molecule has 0 aromatic heterocycles. The number of rotatable bonds is 7. The number of Topliss-reactive ketones (excluding diaryl/α,β-unsaturated/α-hetero) is 1. The lowest BCUT2D eigenvalue weighted by Crippen LogP contribution is -2.16. The first-order valence-corrected chi connectivity index (χ1v) is 4.55. The standard InChI is InChI=1S/C8H13ClO4/c1-2-13-8(11)5-7(10)6-12-4-3-9/h2-6H2,1H3. The van der Waals surface area contributed by atoms with Crippen molar-refractivity contribution in [2.75, 3.05) is 25.7 Å². The summed E-state index contributed by atoms with van der Waals surface area (Å²) in [6, 6.07) is 0. The fourth-order valence-electron chi connectivity index (χ4n) is 0.665. The Morgan fingerprint density at radius 3 is 2.62 bits per heavy atom. The van der Waals surface area contributed by atoms with Gasteiger partial charge >= 0.3 is 5.97 Å². The molecule has 0 aliphatic rings. The van der Waals surface area contributed by atoms with Gasteiger partial charge in [0.25, 0.3) is 0 Å². The van der Waals surface area contributed by atoms with Crippen LogP contribution in [-0.4, -0.2) is 37.5 Å². The number of hydrogen-bond acceptors (Lipinski definition) is 4. The molecule has 0 aromatic rings. The molecule has 0 bridgehead atoms. The minimum atomic E-state index is -0.512. The van der Waals surface area contributed by atoms with E-state index < -0.39 is 5.97 Å². The number of carbonyl (C=O) groups is 2. The van der Waals surface area contributed by atoms with Gasteiger partial charge in [-0.25, -0.2) is 0 Å². The summed E-state index contributed by atoms with van der Waals surface area (Å²) < 4.78 is 9.41. The second-order valence-electron chi connectivity index (χ2n) is 2.26. The van der Waals surface area contributed by atoms with Gasteiger partial charge in [-0.1, -0.05) is 0 Å². The number of esters is 1. The Balaban J connectivity index is 3.44. The van der Waals surface area contributed by atoms with E-state index in [1.165, 1.54) is 0 Å². The van der Waals surface area contributed by atoms with E-state index in [0.29, 0.717) is 12.5 Å². The fourth-order valence-corrected chi connectivity index (χ4v) is 0.774. The van der Waals surface area contributed by atoms with E-state index in [2.05, 4.69) is 4.74 Å². The largest absolute Gasteiger partial charge is 0.466 e. The van der Waals surface area contributed by atoms with Crippen LogP contribution in [0.15, 0.2) is 0 Å². The number of halogens is 1. The van der Waals surface area contributed by atoms with E-state index in [1.54, 1.807) is 6.92 Å². The van der Waals surface area contributed by atoms with E-state index in [4.69, 9.17) is 16.3 Å². The second-order valence-corrected chi connectivity index (χ2v) is 2.64. The summed E-state index contributed by atoms with van der Waals surface area (Å²) in [5.41, 5.74) is 0. The Morgan fingerprint density at radius 1 is 1.38 bits per heavy atom. The van der Waals surface area contributed by atoms with Crippen molar-refractivity contribution in [2.45, 2.75) is 13.3 Å². The maximum absolute atomic E-state index is 10.9. The minimum absolute atomic E-state index is 0.0778. The Labute approximate surface area is 82.1 Å². The highest BCUT2D eigenvalue weighted by molar-refractivity contribution is 6.17. The highest BCUT2D eigenvalue weighted by Crippen LogP contribution is 1.90. The third-order valence-electron chi connectivity index (χ3n) is 1.13. The van der Waals surface area contributed by atoms with Crippen LogP contribution in [0.3, 0.4) is 0 Å². The first-order chi connectivity index (χ1) is 6.20. The smallest absolute Gasteiger partial charge is 0.313 e. The highest BCUT2D eigenvalue weighted by Gasteiger charge is 2.09. The van der Waals surface area contributed by atoms with Crippen molar-refractivity contribution in [2.24, 2.45) is 0 Å². The molecular formula is C8H13ClO4. The number of alkyl halides is 1. The maximum Gasteiger partial charge on any atom is 0.313 e. The summed E-state index contributed by atoms with van der Waals surface area (Å²) >= 11 is 5.31. The molecule has 4 nitrogen and oxygen atoms in total. The zero-order valence-electron chi connectivity index (χ0n) is 7.55. The van der Waals surface area contributed by atoms with Gasteiger partial charge in [0.05, 0.1) is 13.2 Å². The van der Waals surface area contributed by atoms with Crippen molar-refractivity contribution in [3.05, 3.63) is 0 Å². The van der Waals surface area contributed by atoms with Gasteiger partial charge in [0.1, 0.15) is 13.0 Å². The van der Waals surface area contributed by atoms with Gasteiger partial charge in [0.15, 0.2) is 5.78 Å². The maximum atomic E-state index is 10.9. The van der Waals surface area contributed by atoms with Crippen LogP contribution in [0.2, 0.25) is 0 Å². The van der Waals surface area contributed by atoms with E-state index >= 15 is 0 Å². The lowest BCUT2D eigenvalue weighted by molar-refractivity contribution is -0.146. The second kappa shape index (κ2) is 8.01. The average Bonchev–Trinajstić information content (AvgIpc) is 2.05. The van der Waals surface area contributed by atoms with Crippen molar-refractivity contribution in [1.29, 1.82) is 0 Å². The van der Waals surface area contributed by atoms with Crippen LogP contribution in [0.1, 0.15) is 13.3 Å². The quantitative estimate of drug-likeness (QED) is 0.268. The summed E-state index contributed by atoms with van der Waals surface area (Å²) in [5.74, 6) is -0.460. The average molecular weight is 209 g/mol. The van der Waals surface area contributed by atoms with Crippen LogP contribution in [0.5, 0.6) is 0 Å². The molecular weight excluding hydrogens is 196 g/mol. The zero-order valence-corrected chi connectivity index (χ0v) is 8.30. The topological polar surface area (TPSA) is 52.6 Å². The van der Waals surface area contributed by atoms with E-state index in [0.717, 1.165) is 0 Å². The monoisotopic (exact) mass is 208 g/mol.